The van der Waals surface area contributed by atoms with E-state index in [4.69, 9.17) is 9.47 Å². The van der Waals surface area contributed by atoms with Crippen LogP contribution in [0.15, 0.2) is 72.8 Å². The number of benzene rings is 3. The number of rotatable bonds is 4. The van der Waals surface area contributed by atoms with Crippen LogP contribution in [-0.4, -0.2) is 29.2 Å². The van der Waals surface area contributed by atoms with Crippen LogP contribution in [0.1, 0.15) is 50.8 Å². The minimum Gasteiger partial charge on any atom is -0.444 e. The fraction of sp³-hybridized carbons (Fsp3) is 0.370. The van der Waals surface area contributed by atoms with Gasteiger partial charge in [0.15, 0.2) is 0 Å². The lowest BCUT2D eigenvalue weighted by molar-refractivity contribution is -0.0600. The highest BCUT2D eigenvalue weighted by atomic mass is 16.6. The van der Waals surface area contributed by atoms with Crippen molar-refractivity contribution in [3.05, 3.63) is 83.9 Å². The Labute approximate surface area is 184 Å². The molecular formula is C27H31NO3. The number of carbonyl (C=O) groups excluding carboxylic acids is 1. The molecule has 1 aliphatic rings. The van der Waals surface area contributed by atoms with E-state index < -0.39 is 5.60 Å². The van der Waals surface area contributed by atoms with E-state index >= 15 is 0 Å². The molecule has 0 saturated carbocycles. The Morgan fingerprint density at radius 2 is 1.68 bits per heavy atom. The summed E-state index contributed by atoms with van der Waals surface area (Å²) in [7, 11) is 0. The number of ether oxygens (including phenoxy) is 2. The SMILES string of the molecule is CC(C)(C)OC(=O)N1CCCC(OCc2ccc3ccccc3c2)C1c1ccccc1. The number of fused-ring (bicyclic) bond motifs is 1. The van der Waals surface area contributed by atoms with Crippen molar-refractivity contribution < 1.29 is 14.3 Å². The molecule has 1 heterocycles. The lowest BCUT2D eigenvalue weighted by Crippen LogP contribution is -2.47. The Bertz CT molecular complexity index is 1030. The summed E-state index contributed by atoms with van der Waals surface area (Å²) in [4.78, 5) is 14.9. The molecule has 162 valence electrons. The van der Waals surface area contributed by atoms with Crippen LogP contribution in [0.25, 0.3) is 10.8 Å². The molecule has 2 unspecified atom stereocenters. The number of likely N-dealkylation sites (tertiary alicyclic amines) is 1. The summed E-state index contributed by atoms with van der Waals surface area (Å²) in [5.74, 6) is 0. The highest BCUT2D eigenvalue weighted by molar-refractivity contribution is 5.82. The molecule has 1 aliphatic heterocycles. The van der Waals surface area contributed by atoms with Crippen molar-refractivity contribution in [2.24, 2.45) is 0 Å². The molecule has 0 N–H and O–H groups in total. The van der Waals surface area contributed by atoms with Gasteiger partial charge in [-0.25, -0.2) is 4.79 Å². The number of piperidine rings is 1. The van der Waals surface area contributed by atoms with Crippen molar-refractivity contribution in [1.82, 2.24) is 4.90 Å². The summed E-state index contributed by atoms with van der Waals surface area (Å²) in [6.45, 7) is 6.89. The molecule has 31 heavy (non-hydrogen) atoms. The summed E-state index contributed by atoms with van der Waals surface area (Å²) in [6.07, 6.45) is 1.44. The van der Waals surface area contributed by atoms with Gasteiger partial charge in [0.2, 0.25) is 0 Å². The smallest absolute Gasteiger partial charge is 0.410 e. The van der Waals surface area contributed by atoms with E-state index in [-0.39, 0.29) is 18.2 Å². The monoisotopic (exact) mass is 417 g/mol. The first kappa shape index (κ1) is 21.4. The van der Waals surface area contributed by atoms with Gasteiger partial charge in [0.05, 0.1) is 18.8 Å². The summed E-state index contributed by atoms with van der Waals surface area (Å²) >= 11 is 0. The lowest BCUT2D eigenvalue weighted by atomic mass is 9.92. The van der Waals surface area contributed by atoms with Gasteiger partial charge in [-0.05, 0) is 61.6 Å². The number of carbonyl (C=O) groups is 1. The number of nitrogens with zero attached hydrogens (tertiary/aromatic N) is 1. The Kier molecular flexibility index (Phi) is 6.28. The van der Waals surface area contributed by atoms with Crippen molar-refractivity contribution in [3.8, 4) is 0 Å². The molecule has 1 fully saturated rings. The highest BCUT2D eigenvalue weighted by Crippen LogP contribution is 2.35. The molecule has 0 aromatic heterocycles. The van der Waals surface area contributed by atoms with E-state index in [1.165, 1.54) is 10.8 Å². The molecule has 1 amide bonds. The Hall–Kier alpha value is -2.85. The largest absolute Gasteiger partial charge is 0.444 e. The molecular weight excluding hydrogens is 386 g/mol. The van der Waals surface area contributed by atoms with Crippen LogP contribution >= 0.6 is 0 Å². The minimum atomic E-state index is -0.531. The molecule has 4 nitrogen and oxygen atoms in total. The van der Waals surface area contributed by atoms with Crippen molar-refractivity contribution >= 4 is 16.9 Å². The fourth-order valence-corrected chi connectivity index (χ4v) is 4.24. The van der Waals surface area contributed by atoms with Gasteiger partial charge < -0.3 is 9.47 Å². The van der Waals surface area contributed by atoms with Gasteiger partial charge >= 0.3 is 6.09 Å². The summed E-state index contributed by atoms with van der Waals surface area (Å²) < 4.78 is 12.2. The van der Waals surface area contributed by atoms with Crippen molar-refractivity contribution in [1.29, 1.82) is 0 Å². The molecule has 0 aliphatic carbocycles. The average Bonchev–Trinajstić information content (AvgIpc) is 2.76. The molecule has 3 aromatic rings. The quantitative estimate of drug-likeness (QED) is 0.486. The zero-order chi connectivity index (χ0) is 21.8. The standard InChI is InChI=1S/C27H31NO3/c1-27(2,3)31-26(29)28-17-9-14-24(25(28)22-11-5-4-6-12-22)30-19-20-15-16-21-10-7-8-13-23(21)18-20/h4-8,10-13,15-16,18,24-25H,9,14,17,19H2,1-3H3. The summed E-state index contributed by atoms with van der Waals surface area (Å²) in [5.41, 5.74) is 1.69. The fourth-order valence-electron chi connectivity index (χ4n) is 4.24. The van der Waals surface area contributed by atoms with Crippen LogP contribution in [-0.2, 0) is 16.1 Å². The normalized spacial score (nSPS) is 19.4. The van der Waals surface area contributed by atoms with Crippen LogP contribution in [0.5, 0.6) is 0 Å². The Morgan fingerprint density at radius 3 is 2.42 bits per heavy atom. The first-order chi connectivity index (χ1) is 14.9. The molecule has 0 radical (unpaired) electrons. The third-order valence-electron chi connectivity index (χ3n) is 5.62. The van der Waals surface area contributed by atoms with E-state index in [0.717, 1.165) is 24.0 Å². The topological polar surface area (TPSA) is 38.8 Å². The van der Waals surface area contributed by atoms with Crippen LogP contribution in [0, 0.1) is 0 Å². The van der Waals surface area contributed by atoms with Gasteiger partial charge in [-0.3, -0.25) is 4.90 Å². The van der Waals surface area contributed by atoms with Gasteiger partial charge in [0.25, 0.3) is 0 Å². The van der Waals surface area contributed by atoms with E-state index in [1.807, 2.05) is 43.9 Å². The lowest BCUT2D eigenvalue weighted by Gasteiger charge is -2.41. The van der Waals surface area contributed by atoms with Gasteiger partial charge in [-0.1, -0.05) is 66.7 Å². The van der Waals surface area contributed by atoms with Crippen molar-refractivity contribution in [2.75, 3.05) is 6.54 Å². The van der Waals surface area contributed by atoms with Gasteiger partial charge in [-0.15, -0.1) is 0 Å². The third kappa shape index (κ3) is 5.26. The second kappa shape index (κ2) is 9.11. The number of hydrogen-bond acceptors (Lipinski definition) is 3. The molecule has 4 rings (SSSR count). The zero-order valence-corrected chi connectivity index (χ0v) is 18.6. The molecule has 1 saturated heterocycles. The number of amides is 1. The second-order valence-electron chi connectivity index (χ2n) is 9.20. The number of hydrogen-bond donors (Lipinski definition) is 0. The van der Waals surface area contributed by atoms with Crippen LogP contribution in [0.3, 0.4) is 0 Å². The second-order valence-corrected chi connectivity index (χ2v) is 9.20. The third-order valence-corrected chi connectivity index (χ3v) is 5.62. The maximum absolute atomic E-state index is 13.0. The Morgan fingerprint density at radius 1 is 0.968 bits per heavy atom. The highest BCUT2D eigenvalue weighted by Gasteiger charge is 2.38. The predicted octanol–water partition coefficient (Wildman–Crippen LogP) is 6.50. The molecule has 4 heteroatoms. The maximum atomic E-state index is 13.0. The van der Waals surface area contributed by atoms with Crippen LogP contribution in [0.4, 0.5) is 4.79 Å². The van der Waals surface area contributed by atoms with E-state index in [9.17, 15) is 4.79 Å². The molecule has 0 bridgehead atoms. The van der Waals surface area contributed by atoms with E-state index in [0.29, 0.717) is 13.2 Å². The van der Waals surface area contributed by atoms with Gasteiger partial charge in [0.1, 0.15) is 5.60 Å². The average molecular weight is 418 g/mol. The predicted molar refractivity (Wildman–Crippen MR) is 124 cm³/mol. The van der Waals surface area contributed by atoms with Crippen LogP contribution < -0.4 is 0 Å². The first-order valence-corrected chi connectivity index (χ1v) is 11.0. The van der Waals surface area contributed by atoms with Gasteiger partial charge in [0, 0.05) is 6.54 Å². The molecule has 3 aromatic carbocycles. The first-order valence-electron chi connectivity index (χ1n) is 11.0. The van der Waals surface area contributed by atoms with E-state index in [2.05, 4.69) is 54.6 Å². The zero-order valence-electron chi connectivity index (χ0n) is 18.6. The van der Waals surface area contributed by atoms with Gasteiger partial charge in [-0.2, -0.15) is 0 Å². The van der Waals surface area contributed by atoms with Crippen molar-refractivity contribution in [3.63, 3.8) is 0 Å². The molecule has 2 atom stereocenters. The summed E-state index contributed by atoms with van der Waals surface area (Å²) in [6, 6.07) is 24.8. The molecule has 0 spiro atoms. The Balaban J connectivity index is 1.56. The minimum absolute atomic E-state index is 0.0878. The van der Waals surface area contributed by atoms with E-state index in [1.54, 1.807) is 0 Å². The van der Waals surface area contributed by atoms with Crippen molar-refractivity contribution in [2.45, 2.75) is 58.0 Å². The maximum Gasteiger partial charge on any atom is 0.410 e. The summed E-state index contributed by atoms with van der Waals surface area (Å²) in [5, 5.41) is 2.43. The van der Waals surface area contributed by atoms with Crippen LogP contribution in [0.2, 0.25) is 0 Å².